The molecular formula is C28H32F2O3. The number of allylic oxidation sites excluding steroid dienone is 1. The summed E-state index contributed by atoms with van der Waals surface area (Å²) >= 11 is 0. The number of fused-ring (bicyclic) bond motifs is 1. The van der Waals surface area contributed by atoms with Gasteiger partial charge in [-0.25, -0.2) is 13.6 Å². The van der Waals surface area contributed by atoms with E-state index in [0.29, 0.717) is 17.6 Å². The molecule has 4 rings (SSSR count). The van der Waals surface area contributed by atoms with E-state index >= 15 is 0 Å². The van der Waals surface area contributed by atoms with Crippen molar-refractivity contribution in [2.24, 2.45) is 17.8 Å². The first-order chi connectivity index (χ1) is 16.0. The molecule has 3 nitrogen and oxygen atoms in total. The van der Waals surface area contributed by atoms with Crippen LogP contribution in [0.5, 0.6) is 11.5 Å². The van der Waals surface area contributed by atoms with E-state index in [0.717, 1.165) is 42.7 Å². The highest BCUT2D eigenvalue weighted by atomic mass is 19.1. The number of carbonyl (C=O) groups excluding carboxylic acids is 1. The standard InChI is InChI=1S/C28H32F2O3/c1-3-4-5-18-6-7-20-15-21(9-8-19(20)14-18)22-10-12-24(25(29)16-22)28(31)33-27-13-11-23(32-2)17-26(27)30/h3,10-13,16-21H,1,4-9,14-15H2,2H3. The summed E-state index contributed by atoms with van der Waals surface area (Å²) in [5, 5.41) is 0. The number of methoxy groups -OCH3 is 1. The topological polar surface area (TPSA) is 35.5 Å². The van der Waals surface area contributed by atoms with Crippen LogP contribution in [-0.2, 0) is 0 Å². The SMILES string of the molecule is C=CCCC1CCC2CC(c3ccc(C(=O)Oc4ccc(OC)cc4F)c(F)c3)CCC2C1. The van der Waals surface area contributed by atoms with E-state index in [1.165, 1.54) is 63.5 Å². The molecule has 4 unspecified atom stereocenters. The fourth-order valence-electron chi connectivity index (χ4n) is 5.70. The Morgan fingerprint density at radius 1 is 1.03 bits per heavy atom. The number of benzene rings is 2. The van der Waals surface area contributed by atoms with E-state index in [2.05, 4.69) is 6.58 Å². The summed E-state index contributed by atoms with van der Waals surface area (Å²) in [5.41, 5.74) is 0.747. The first-order valence-corrected chi connectivity index (χ1v) is 11.9. The lowest BCUT2D eigenvalue weighted by Gasteiger charge is -2.42. The molecule has 2 aliphatic carbocycles. The van der Waals surface area contributed by atoms with Gasteiger partial charge in [0.15, 0.2) is 11.6 Å². The molecule has 2 fully saturated rings. The molecular weight excluding hydrogens is 422 g/mol. The average Bonchev–Trinajstić information content (AvgIpc) is 2.83. The van der Waals surface area contributed by atoms with E-state index in [1.807, 2.05) is 12.1 Å². The Bertz CT molecular complexity index is 1000. The van der Waals surface area contributed by atoms with Crippen LogP contribution in [0.2, 0.25) is 0 Å². The van der Waals surface area contributed by atoms with E-state index in [-0.39, 0.29) is 11.3 Å². The quantitative estimate of drug-likeness (QED) is 0.247. The maximum absolute atomic E-state index is 14.9. The van der Waals surface area contributed by atoms with Crippen LogP contribution in [0.3, 0.4) is 0 Å². The molecule has 0 saturated heterocycles. The summed E-state index contributed by atoms with van der Waals surface area (Å²) in [6.45, 7) is 3.84. The molecule has 0 aromatic heterocycles. The van der Waals surface area contributed by atoms with Gasteiger partial charge >= 0.3 is 5.97 Å². The maximum Gasteiger partial charge on any atom is 0.346 e. The zero-order chi connectivity index (χ0) is 23.4. The third kappa shape index (κ3) is 5.45. The monoisotopic (exact) mass is 454 g/mol. The van der Waals surface area contributed by atoms with Gasteiger partial charge in [-0.2, -0.15) is 0 Å². The van der Waals surface area contributed by atoms with E-state index in [9.17, 15) is 13.6 Å². The summed E-state index contributed by atoms with van der Waals surface area (Å²) in [5.74, 6) is 0.391. The van der Waals surface area contributed by atoms with Gasteiger partial charge in [-0.15, -0.1) is 6.58 Å². The average molecular weight is 455 g/mol. The Morgan fingerprint density at radius 3 is 2.55 bits per heavy atom. The molecule has 2 aromatic rings. The van der Waals surface area contributed by atoms with Gasteiger partial charge in [0.2, 0.25) is 0 Å². The first kappa shape index (κ1) is 23.5. The second kappa shape index (κ2) is 10.5. The fraction of sp³-hybridized carbons (Fsp3) is 0.464. The molecule has 0 amide bonds. The third-order valence-electron chi connectivity index (χ3n) is 7.53. The first-order valence-electron chi connectivity index (χ1n) is 11.9. The Hall–Kier alpha value is -2.69. The van der Waals surface area contributed by atoms with Crippen molar-refractivity contribution in [1.29, 1.82) is 0 Å². The highest BCUT2D eigenvalue weighted by Gasteiger charge is 2.36. The molecule has 0 radical (unpaired) electrons. The summed E-state index contributed by atoms with van der Waals surface area (Å²) in [6, 6.07) is 8.64. The van der Waals surface area contributed by atoms with Crippen LogP contribution in [0.1, 0.15) is 73.2 Å². The summed E-state index contributed by atoms with van der Waals surface area (Å²) in [7, 11) is 1.42. The second-order valence-electron chi connectivity index (χ2n) is 9.50. The highest BCUT2D eigenvalue weighted by molar-refractivity contribution is 5.91. The van der Waals surface area contributed by atoms with Crippen molar-refractivity contribution >= 4 is 5.97 Å². The molecule has 2 aliphatic rings. The molecule has 0 bridgehead atoms. The van der Waals surface area contributed by atoms with Crippen LogP contribution >= 0.6 is 0 Å². The number of hydrogen-bond acceptors (Lipinski definition) is 3. The van der Waals surface area contributed by atoms with Crippen molar-refractivity contribution in [1.82, 2.24) is 0 Å². The van der Waals surface area contributed by atoms with Crippen LogP contribution in [0, 0.1) is 29.4 Å². The second-order valence-corrected chi connectivity index (χ2v) is 9.50. The van der Waals surface area contributed by atoms with Crippen LogP contribution < -0.4 is 9.47 Å². The normalized spacial score (nSPS) is 24.6. The van der Waals surface area contributed by atoms with Crippen molar-refractivity contribution in [3.63, 3.8) is 0 Å². The van der Waals surface area contributed by atoms with Crippen LogP contribution in [0.15, 0.2) is 49.1 Å². The Morgan fingerprint density at radius 2 is 1.82 bits per heavy atom. The lowest BCUT2D eigenvalue weighted by molar-refractivity contribution is 0.0722. The van der Waals surface area contributed by atoms with E-state index in [4.69, 9.17) is 9.47 Å². The largest absolute Gasteiger partial charge is 0.497 e. The number of carbonyl (C=O) groups is 1. The van der Waals surface area contributed by atoms with E-state index < -0.39 is 17.6 Å². The molecule has 0 N–H and O–H groups in total. The fourth-order valence-corrected chi connectivity index (χ4v) is 5.70. The Kier molecular flexibility index (Phi) is 7.46. The molecule has 0 heterocycles. The molecule has 0 spiro atoms. The number of halogens is 2. The van der Waals surface area contributed by atoms with Crippen molar-refractivity contribution < 1.29 is 23.0 Å². The molecule has 5 heteroatoms. The van der Waals surface area contributed by atoms with Gasteiger partial charge in [0.1, 0.15) is 11.6 Å². The lowest BCUT2D eigenvalue weighted by atomic mass is 9.63. The molecule has 33 heavy (non-hydrogen) atoms. The molecule has 176 valence electrons. The summed E-state index contributed by atoms with van der Waals surface area (Å²) in [6.07, 6.45) is 11.5. The zero-order valence-electron chi connectivity index (χ0n) is 19.2. The van der Waals surface area contributed by atoms with Gasteiger partial charge < -0.3 is 9.47 Å². The molecule has 2 aromatic carbocycles. The summed E-state index contributed by atoms with van der Waals surface area (Å²) < 4.78 is 39.0. The van der Waals surface area contributed by atoms with Crippen molar-refractivity contribution in [2.75, 3.05) is 7.11 Å². The van der Waals surface area contributed by atoms with Crippen LogP contribution in [0.4, 0.5) is 8.78 Å². The summed E-state index contributed by atoms with van der Waals surface area (Å²) in [4.78, 5) is 12.5. The minimum atomic E-state index is -0.912. The number of rotatable bonds is 7. The van der Waals surface area contributed by atoms with Crippen molar-refractivity contribution in [3.8, 4) is 11.5 Å². The number of esters is 1. The van der Waals surface area contributed by atoms with Gasteiger partial charge in [-0.05, 0) is 98.4 Å². The van der Waals surface area contributed by atoms with E-state index in [1.54, 1.807) is 0 Å². The van der Waals surface area contributed by atoms with Crippen LogP contribution in [-0.4, -0.2) is 13.1 Å². The predicted octanol–water partition coefficient (Wildman–Crippen LogP) is 7.46. The number of ether oxygens (including phenoxy) is 2. The lowest BCUT2D eigenvalue weighted by Crippen LogP contribution is -2.30. The van der Waals surface area contributed by atoms with Gasteiger partial charge in [-0.3, -0.25) is 0 Å². The Balaban J connectivity index is 1.39. The predicted molar refractivity (Wildman–Crippen MR) is 125 cm³/mol. The Labute approximate surface area is 194 Å². The minimum absolute atomic E-state index is 0.189. The van der Waals surface area contributed by atoms with Crippen molar-refractivity contribution in [2.45, 2.75) is 57.3 Å². The molecule has 0 aliphatic heterocycles. The maximum atomic E-state index is 14.9. The van der Waals surface area contributed by atoms with Gasteiger partial charge in [0.05, 0.1) is 12.7 Å². The molecule has 2 saturated carbocycles. The minimum Gasteiger partial charge on any atom is -0.497 e. The van der Waals surface area contributed by atoms with Crippen LogP contribution in [0.25, 0.3) is 0 Å². The van der Waals surface area contributed by atoms with Gasteiger partial charge in [0.25, 0.3) is 0 Å². The van der Waals surface area contributed by atoms with Gasteiger partial charge in [0, 0.05) is 6.07 Å². The molecule has 4 atom stereocenters. The van der Waals surface area contributed by atoms with Crippen molar-refractivity contribution in [3.05, 3.63) is 71.8 Å². The smallest absolute Gasteiger partial charge is 0.346 e. The van der Waals surface area contributed by atoms with Gasteiger partial charge in [-0.1, -0.05) is 18.6 Å². The third-order valence-corrected chi connectivity index (χ3v) is 7.53. The highest BCUT2D eigenvalue weighted by Crippen LogP contribution is 2.48. The zero-order valence-corrected chi connectivity index (χ0v) is 19.2. The number of hydrogen-bond donors (Lipinski definition) is 0.